The minimum Gasteiger partial charge on any atom is -0.485 e. The van der Waals surface area contributed by atoms with Gasteiger partial charge in [-0.1, -0.05) is 24.3 Å². The third kappa shape index (κ3) is 3.11. The van der Waals surface area contributed by atoms with Crippen molar-refractivity contribution in [1.29, 1.82) is 0 Å². The van der Waals surface area contributed by atoms with Crippen molar-refractivity contribution >= 4 is 23.2 Å². The smallest absolute Gasteiger partial charge is 0.269 e. The van der Waals surface area contributed by atoms with Gasteiger partial charge >= 0.3 is 0 Å². The number of alkyl halides is 1. The summed E-state index contributed by atoms with van der Waals surface area (Å²) in [5, 5.41) is 2.81. The number of amides is 1. The summed E-state index contributed by atoms with van der Waals surface area (Å²) in [7, 11) is 0. The molecule has 1 amide bonds. The molecule has 0 spiro atoms. The molecule has 1 unspecified atom stereocenters. The number of anilines is 1. The summed E-state index contributed by atoms with van der Waals surface area (Å²) in [6.45, 7) is 0.193. The third-order valence-corrected chi connectivity index (χ3v) is 3.46. The molecule has 0 radical (unpaired) electrons. The van der Waals surface area contributed by atoms with Crippen molar-refractivity contribution < 1.29 is 14.3 Å². The van der Waals surface area contributed by atoms with Crippen LogP contribution < -0.4 is 14.8 Å². The van der Waals surface area contributed by atoms with Crippen LogP contribution in [0.5, 0.6) is 11.5 Å². The fraction of sp³-hybridized carbons (Fsp3) is 0.188. The topological polar surface area (TPSA) is 47.6 Å². The van der Waals surface area contributed by atoms with Crippen molar-refractivity contribution in [3.63, 3.8) is 0 Å². The van der Waals surface area contributed by atoms with Crippen molar-refractivity contribution in [3.8, 4) is 11.5 Å². The van der Waals surface area contributed by atoms with Crippen LogP contribution in [0.4, 0.5) is 5.69 Å². The summed E-state index contributed by atoms with van der Waals surface area (Å²) in [6, 6.07) is 14.7. The van der Waals surface area contributed by atoms with Gasteiger partial charge in [0.1, 0.15) is 6.61 Å². The van der Waals surface area contributed by atoms with Gasteiger partial charge in [0.2, 0.25) is 6.10 Å². The average molecular weight is 304 g/mol. The molecule has 3 rings (SSSR count). The van der Waals surface area contributed by atoms with Crippen molar-refractivity contribution in [1.82, 2.24) is 0 Å². The number of ether oxygens (including phenoxy) is 2. The van der Waals surface area contributed by atoms with Crippen molar-refractivity contribution in [2.45, 2.75) is 12.0 Å². The van der Waals surface area contributed by atoms with Gasteiger partial charge in [-0.25, -0.2) is 0 Å². The molecule has 5 heteroatoms. The summed E-state index contributed by atoms with van der Waals surface area (Å²) >= 11 is 5.78. The number of halogens is 1. The maximum absolute atomic E-state index is 12.2. The highest BCUT2D eigenvalue weighted by Gasteiger charge is 2.27. The monoisotopic (exact) mass is 303 g/mol. The van der Waals surface area contributed by atoms with E-state index in [1.807, 2.05) is 42.5 Å². The predicted octanol–water partition coefficient (Wildman–Crippen LogP) is 3.20. The molecule has 0 fully saturated rings. The summed E-state index contributed by atoms with van der Waals surface area (Å²) in [6.07, 6.45) is -0.667. The van der Waals surface area contributed by atoms with Crippen LogP contribution in [0.25, 0.3) is 0 Å². The zero-order chi connectivity index (χ0) is 14.7. The second-order valence-corrected chi connectivity index (χ2v) is 4.95. The van der Waals surface area contributed by atoms with Crippen LogP contribution in [0.1, 0.15) is 5.56 Å². The Hall–Kier alpha value is -2.20. The molecule has 2 aromatic rings. The first-order valence-corrected chi connectivity index (χ1v) is 7.14. The quantitative estimate of drug-likeness (QED) is 0.886. The fourth-order valence-corrected chi connectivity index (χ4v) is 2.27. The van der Waals surface area contributed by atoms with E-state index in [4.69, 9.17) is 21.1 Å². The highest BCUT2D eigenvalue weighted by Crippen LogP contribution is 2.31. The molecule has 1 N–H and O–H groups in total. The summed E-state index contributed by atoms with van der Waals surface area (Å²) in [4.78, 5) is 12.2. The summed E-state index contributed by atoms with van der Waals surface area (Å²) in [5.41, 5.74) is 1.64. The van der Waals surface area contributed by atoms with Gasteiger partial charge in [0.25, 0.3) is 5.91 Å². The van der Waals surface area contributed by atoms with Crippen LogP contribution in [0.15, 0.2) is 48.5 Å². The second kappa shape index (κ2) is 6.06. The van der Waals surface area contributed by atoms with E-state index in [1.165, 1.54) is 0 Å². The van der Waals surface area contributed by atoms with Crippen LogP contribution >= 0.6 is 11.6 Å². The molecule has 0 aliphatic carbocycles. The first-order valence-electron chi connectivity index (χ1n) is 6.60. The van der Waals surface area contributed by atoms with Gasteiger partial charge in [0.05, 0.1) is 0 Å². The number of carbonyl (C=O) groups is 1. The number of fused-ring (bicyclic) bond motifs is 1. The molecule has 0 saturated carbocycles. The molecule has 1 aliphatic rings. The molecule has 108 valence electrons. The van der Waals surface area contributed by atoms with Gasteiger partial charge in [-0.3, -0.25) is 4.79 Å². The predicted molar refractivity (Wildman–Crippen MR) is 81.0 cm³/mol. The Kier molecular flexibility index (Phi) is 3.97. The molecule has 0 bridgehead atoms. The van der Waals surface area contributed by atoms with E-state index in [-0.39, 0.29) is 12.5 Å². The first kappa shape index (κ1) is 13.8. The van der Waals surface area contributed by atoms with Gasteiger partial charge in [-0.05, 0) is 29.8 Å². The van der Waals surface area contributed by atoms with Crippen LogP contribution in [0.3, 0.4) is 0 Å². The van der Waals surface area contributed by atoms with Crippen molar-refractivity contribution in [2.24, 2.45) is 0 Å². The average Bonchev–Trinajstić information content (AvgIpc) is 2.54. The van der Waals surface area contributed by atoms with Gasteiger partial charge in [0, 0.05) is 11.6 Å². The Balaban J connectivity index is 1.69. The zero-order valence-electron chi connectivity index (χ0n) is 11.2. The minimum absolute atomic E-state index is 0.193. The molecule has 1 atom stereocenters. The molecule has 21 heavy (non-hydrogen) atoms. The molecule has 0 aromatic heterocycles. The van der Waals surface area contributed by atoms with E-state index in [1.54, 1.807) is 6.07 Å². The lowest BCUT2D eigenvalue weighted by atomic mass is 10.2. The number of hydrogen-bond acceptors (Lipinski definition) is 3. The summed E-state index contributed by atoms with van der Waals surface area (Å²) in [5.74, 6) is 1.40. The number of nitrogens with one attached hydrogen (secondary N) is 1. The summed E-state index contributed by atoms with van der Waals surface area (Å²) < 4.78 is 11.2. The van der Waals surface area contributed by atoms with Crippen LogP contribution in [-0.2, 0) is 10.7 Å². The Bertz CT molecular complexity index is 659. The number of hydrogen-bond donors (Lipinski definition) is 1. The number of benzene rings is 2. The molecular formula is C16H14ClNO3. The second-order valence-electron chi connectivity index (χ2n) is 4.69. The molecule has 2 aromatic carbocycles. The maximum Gasteiger partial charge on any atom is 0.269 e. The molecule has 1 aliphatic heterocycles. The molecular weight excluding hydrogens is 290 g/mol. The lowest BCUT2D eigenvalue weighted by Crippen LogP contribution is -2.40. The molecule has 1 heterocycles. The van der Waals surface area contributed by atoms with Crippen molar-refractivity contribution in [2.75, 3.05) is 11.9 Å². The molecule has 0 saturated heterocycles. The van der Waals surface area contributed by atoms with Crippen LogP contribution in [-0.4, -0.2) is 18.6 Å². The van der Waals surface area contributed by atoms with E-state index < -0.39 is 6.10 Å². The largest absolute Gasteiger partial charge is 0.485 e. The normalized spacial score (nSPS) is 16.3. The van der Waals surface area contributed by atoms with Gasteiger partial charge in [0.15, 0.2) is 11.5 Å². The van der Waals surface area contributed by atoms with E-state index in [2.05, 4.69) is 5.32 Å². The van der Waals surface area contributed by atoms with E-state index >= 15 is 0 Å². The van der Waals surface area contributed by atoms with Gasteiger partial charge in [-0.15, -0.1) is 11.6 Å². The Labute approximate surface area is 127 Å². The van der Waals surface area contributed by atoms with Crippen LogP contribution in [0, 0.1) is 0 Å². The lowest BCUT2D eigenvalue weighted by molar-refractivity contribution is -0.125. The highest BCUT2D eigenvalue weighted by molar-refractivity contribution is 6.17. The maximum atomic E-state index is 12.2. The SMILES string of the molecule is O=C(Nc1cccc(CCl)c1)C1COc2ccccc2O1. The molecule has 4 nitrogen and oxygen atoms in total. The Morgan fingerprint density at radius 1 is 1.19 bits per heavy atom. The Morgan fingerprint density at radius 3 is 2.81 bits per heavy atom. The first-order chi connectivity index (χ1) is 10.3. The van der Waals surface area contributed by atoms with Gasteiger partial charge in [-0.2, -0.15) is 0 Å². The standard InChI is InChI=1S/C16H14ClNO3/c17-9-11-4-3-5-12(8-11)18-16(19)15-10-20-13-6-1-2-7-14(13)21-15/h1-8,15H,9-10H2,(H,18,19). The Morgan fingerprint density at radius 2 is 2.00 bits per heavy atom. The fourth-order valence-electron chi connectivity index (χ4n) is 2.10. The number of rotatable bonds is 3. The number of para-hydroxylation sites is 2. The third-order valence-electron chi connectivity index (χ3n) is 3.15. The minimum atomic E-state index is -0.667. The van der Waals surface area contributed by atoms with E-state index in [0.717, 1.165) is 5.56 Å². The van der Waals surface area contributed by atoms with Gasteiger partial charge < -0.3 is 14.8 Å². The van der Waals surface area contributed by atoms with E-state index in [0.29, 0.717) is 23.1 Å². The van der Waals surface area contributed by atoms with Crippen LogP contribution in [0.2, 0.25) is 0 Å². The highest BCUT2D eigenvalue weighted by atomic mass is 35.5. The van der Waals surface area contributed by atoms with E-state index in [9.17, 15) is 4.79 Å². The number of carbonyl (C=O) groups excluding carboxylic acids is 1. The lowest BCUT2D eigenvalue weighted by Gasteiger charge is -2.25. The zero-order valence-corrected chi connectivity index (χ0v) is 12.0. The van der Waals surface area contributed by atoms with Crippen molar-refractivity contribution in [3.05, 3.63) is 54.1 Å².